The zero-order valence-electron chi connectivity index (χ0n) is 19.6. The maximum absolute atomic E-state index is 12.7. The third-order valence-corrected chi connectivity index (χ3v) is 5.76. The van der Waals surface area contributed by atoms with Gasteiger partial charge in [-0.05, 0) is 51.0 Å². The minimum atomic E-state index is -0.372. The molecule has 0 fully saturated rings. The van der Waals surface area contributed by atoms with Crippen LogP contribution in [0.4, 0.5) is 5.82 Å². The number of amides is 1. The number of rotatable bonds is 6. The maximum Gasteiger partial charge on any atom is 0.226 e. The Labute approximate surface area is 198 Å². The highest BCUT2D eigenvalue weighted by Crippen LogP contribution is 2.26. The molecule has 4 rings (SSSR count). The first-order chi connectivity index (χ1) is 16.3. The van der Waals surface area contributed by atoms with Gasteiger partial charge in [-0.15, -0.1) is 0 Å². The molecule has 34 heavy (non-hydrogen) atoms. The Morgan fingerprint density at radius 2 is 1.71 bits per heavy atom. The topological polar surface area (TPSA) is 101 Å². The number of aromatic nitrogens is 3. The fourth-order valence-electron chi connectivity index (χ4n) is 3.97. The van der Waals surface area contributed by atoms with Crippen molar-refractivity contribution in [2.75, 3.05) is 5.32 Å². The monoisotopic (exact) mass is 451 g/mol. The van der Waals surface area contributed by atoms with Crippen LogP contribution in [0.1, 0.15) is 51.0 Å². The molecule has 0 aliphatic carbocycles. The smallest absolute Gasteiger partial charge is 0.226 e. The molecule has 0 spiro atoms. The van der Waals surface area contributed by atoms with Crippen LogP contribution in [0, 0.1) is 39.0 Å². The Balaban J connectivity index is 1.59. The molecule has 7 nitrogen and oxygen atoms in total. The standard InChI is InChI=1S/C27H25N5O2/c1-16-5-7-20(8-6-16)23(33)9-10-25(34)31-27-21(14-28)15-29-32(27)24-13-18(3)22-12-17(2)11-19(4)26(22)30-24/h5-8,11-13,15H,9-10H2,1-4H3,(H,31,34). The third-order valence-electron chi connectivity index (χ3n) is 5.76. The first kappa shape index (κ1) is 22.9. The predicted molar refractivity (Wildman–Crippen MR) is 131 cm³/mol. The molecule has 0 aliphatic rings. The number of fused-ring (bicyclic) bond motifs is 1. The van der Waals surface area contributed by atoms with Crippen molar-refractivity contribution in [3.05, 3.63) is 82.0 Å². The van der Waals surface area contributed by atoms with Gasteiger partial charge in [0.05, 0.1) is 11.7 Å². The van der Waals surface area contributed by atoms with Gasteiger partial charge in [0.2, 0.25) is 5.91 Å². The van der Waals surface area contributed by atoms with E-state index in [1.807, 2.05) is 45.9 Å². The number of nitriles is 1. The first-order valence-electron chi connectivity index (χ1n) is 11.0. The third kappa shape index (κ3) is 4.57. The van der Waals surface area contributed by atoms with Gasteiger partial charge in [0.1, 0.15) is 11.6 Å². The van der Waals surface area contributed by atoms with Crippen LogP contribution in [-0.4, -0.2) is 26.5 Å². The summed E-state index contributed by atoms with van der Waals surface area (Å²) in [4.78, 5) is 29.9. The molecule has 7 heteroatoms. The van der Waals surface area contributed by atoms with Gasteiger partial charge in [0.25, 0.3) is 0 Å². The van der Waals surface area contributed by atoms with Gasteiger partial charge >= 0.3 is 0 Å². The number of anilines is 1. The Bertz CT molecular complexity index is 1460. The van der Waals surface area contributed by atoms with Crippen LogP contribution in [0.25, 0.3) is 16.7 Å². The summed E-state index contributed by atoms with van der Waals surface area (Å²) in [6.07, 6.45) is 1.46. The number of pyridine rings is 1. The van der Waals surface area contributed by atoms with Crippen LogP contribution in [0.15, 0.2) is 48.7 Å². The number of hydrogen-bond acceptors (Lipinski definition) is 5. The maximum atomic E-state index is 12.7. The number of aryl methyl sites for hydroxylation is 4. The van der Waals surface area contributed by atoms with E-state index in [1.165, 1.54) is 10.9 Å². The number of ketones is 1. The van der Waals surface area contributed by atoms with Gasteiger partial charge in [0.15, 0.2) is 17.4 Å². The summed E-state index contributed by atoms with van der Waals surface area (Å²) in [6, 6.07) is 15.4. The van der Waals surface area contributed by atoms with Gasteiger partial charge in [-0.3, -0.25) is 9.59 Å². The number of hydrogen-bond donors (Lipinski definition) is 1. The lowest BCUT2D eigenvalue weighted by molar-refractivity contribution is -0.116. The number of carbonyl (C=O) groups excluding carboxylic acids is 2. The Kier molecular flexibility index (Phi) is 6.24. The molecular weight excluding hydrogens is 426 g/mol. The van der Waals surface area contributed by atoms with E-state index in [4.69, 9.17) is 4.98 Å². The van der Waals surface area contributed by atoms with E-state index in [9.17, 15) is 14.9 Å². The second-order valence-electron chi connectivity index (χ2n) is 8.54. The quantitative estimate of drug-likeness (QED) is 0.410. The van der Waals surface area contributed by atoms with Gasteiger partial charge < -0.3 is 5.32 Å². The van der Waals surface area contributed by atoms with E-state index in [0.29, 0.717) is 11.4 Å². The molecule has 170 valence electrons. The molecule has 0 saturated carbocycles. The lowest BCUT2D eigenvalue weighted by Gasteiger charge is -2.13. The number of nitrogens with zero attached hydrogens (tertiary/aromatic N) is 4. The Morgan fingerprint density at radius 1 is 0.971 bits per heavy atom. The highest BCUT2D eigenvalue weighted by molar-refractivity contribution is 6.00. The molecule has 2 aromatic heterocycles. The normalized spacial score (nSPS) is 10.8. The summed E-state index contributed by atoms with van der Waals surface area (Å²) < 4.78 is 1.46. The van der Waals surface area contributed by atoms with Crippen LogP contribution in [0.5, 0.6) is 0 Å². The van der Waals surface area contributed by atoms with E-state index in [2.05, 4.69) is 28.6 Å². The molecular formula is C27H25N5O2. The number of nitrogens with one attached hydrogen (secondary N) is 1. The van der Waals surface area contributed by atoms with Crippen LogP contribution in [0.3, 0.4) is 0 Å². The zero-order valence-corrected chi connectivity index (χ0v) is 19.6. The van der Waals surface area contributed by atoms with E-state index in [1.54, 1.807) is 12.1 Å². The summed E-state index contributed by atoms with van der Waals surface area (Å²) in [6.45, 7) is 7.99. The molecule has 0 radical (unpaired) electrons. The van der Waals surface area contributed by atoms with E-state index in [-0.39, 0.29) is 35.9 Å². The van der Waals surface area contributed by atoms with Crippen LogP contribution >= 0.6 is 0 Å². The largest absolute Gasteiger partial charge is 0.309 e. The summed E-state index contributed by atoms with van der Waals surface area (Å²) in [5.74, 6) is 0.264. The highest BCUT2D eigenvalue weighted by atomic mass is 16.2. The molecule has 1 N–H and O–H groups in total. The fraction of sp³-hybridized carbons (Fsp3) is 0.222. The second-order valence-corrected chi connectivity index (χ2v) is 8.54. The average molecular weight is 452 g/mol. The SMILES string of the molecule is Cc1ccc(C(=O)CCC(=O)Nc2c(C#N)cnn2-c2cc(C)c3cc(C)cc(C)c3n2)cc1. The summed E-state index contributed by atoms with van der Waals surface area (Å²) in [7, 11) is 0. The molecule has 0 bridgehead atoms. The van der Waals surface area contributed by atoms with Crippen molar-refractivity contribution in [3.63, 3.8) is 0 Å². The lowest BCUT2D eigenvalue weighted by atomic mass is 10.0. The van der Waals surface area contributed by atoms with E-state index in [0.717, 1.165) is 33.2 Å². The van der Waals surface area contributed by atoms with Gasteiger partial charge in [-0.1, -0.05) is 41.5 Å². The van der Waals surface area contributed by atoms with E-state index < -0.39 is 0 Å². The number of Topliss-reactive ketones (excluding diaryl/α,β-unsaturated/α-hetero) is 1. The molecule has 2 heterocycles. The Hall–Kier alpha value is -4.31. The molecule has 0 atom stereocenters. The lowest BCUT2D eigenvalue weighted by Crippen LogP contribution is -2.17. The van der Waals surface area contributed by atoms with Gasteiger partial charge in [-0.2, -0.15) is 15.0 Å². The second kappa shape index (κ2) is 9.28. The molecule has 0 saturated heterocycles. The number of benzene rings is 2. The van der Waals surface area contributed by atoms with Crippen molar-refractivity contribution in [1.29, 1.82) is 5.26 Å². The summed E-state index contributed by atoms with van der Waals surface area (Å²) >= 11 is 0. The van der Waals surface area contributed by atoms with Crippen molar-refractivity contribution in [1.82, 2.24) is 14.8 Å². The molecule has 0 unspecified atom stereocenters. The molecule has 1 amide bonds. The van der Waals surface area contributed by atoms with Gasteiger partial charge in [0, 0.05) is 23.8 Å². The average Bonchev–Trinajstić information content (AvgIpc) is 3.21. The van der Waals surface area contributed by atoms with Crippen molar-refractivity contribution in [3.8, 4) is 11.9 Å². The first-order valence-corrected chi connectivity index (χ1v) is 11.0. The minimum Gasteiger partial charge on any atom is -0.309 e. The molecule has 4 aromatic rings. The van der Waals surface area contributed by atoms with Crippen molar-refractivity contribution >= 4 is 28.4 Å². The van der Waals surface area contributed by atoms with E-state index >= 15 is 0 Å². The van der Waals surface area contributed by atoms with Crippen molar-refractivity contribution in [2.24, 2.45) is 0 Å². The molecule has 0 aliphatic heterocycles. The fourth-order valence-corrected chi connectivity index (χ4v) is 3.97. The summed E-state index contributed by atoms with van der Waals surface area (Å²) in [5, 5.41) is 17.7. The van der Waals surface area contributed by atoms with Crippen LogP contribution in [0.2, 0.25) is 0 Å². The van der Waals surface area contributed by atoms with Crippen LogP contribution in [-0.2, 0) is 4.79 Å². The highest BCUT2D eigenvalue weighted by Gasteiger charge is 2.18. The Morgan fingerprint density at radius 3 is 2.41 bits per heavy atom. The predicted octanol–water partition coefficient (Wildman–Crippen LogP) is 5.13. The van der Waals surface area contributed by atoms with Crippen molar-refractivity contribution < 1.29 is 9.59 Å². The summed E-state index contributed by atoms with van der Waals surface area (Å²) in [5.41, 5.74) is 5.90. The van der Waals surface area contributed by atoms with Gasteiger partial charge in [-0.25, -0.2) is 4.98 Å². The zero-order chi connectivity index (χ0) is 24.4. The number of carbonyl (C=O) groups is 2. The van der Waals surface area contributed by atoms with Crippen molar-refractivity contribution in [2.45, 2.75) is 40.5 Å². The molecule has 2 aromatic carbocycles. The van der Waals surface area contributed by atoms with Crippen LogP contribution < -0.4 is 5.32 Å². The minimum absolute atomic E-state index is 0.00861.